The first-order valence-corrected chi connectivity index (χ1v) is 8.41. The summed E-state index contributed by atoms with van der Waals surface area (Å²) >= 11 is 5.78. The molecule has 0 saturated heterocycles. The topological polar surface area (TPSA) is 29.5 Å². The molecular weight excluding hydrogens is 431 g/mol. The third-order valence-corrected chi connectivity index (χ3v) is 4.90. The molecule has 1 heterocycles. The highest BCUT2D eigenvalue weighted by Gasteiger charge is 2.22. The molecule has 0 aromatic heterocycles. The summed E-state index contributed by atoms with van der Waals surface area (Å²) in [5, 5.41) is 10.7. The zero-order valence-corrected chi connectivity index (χ0v) is 14.5. The SMILES string of the molecule is OC(c1cc(I)ccc1Br)c1cccc2c1OCCC2. The molecule has 0 saturated carbocycles. The van der Waals surface area contributed by atoms with Crippen molar-refractivity contribution in [2.45, 2.75) is 18.9 Å². The molecule has 1 aliphatic heterocycles. The average molecular weight is 445 g/mol. The summed E-state index contributed by atoms with van der Waals surface area (Å²) in [6.07, 6.45) is 1.38. The average Bonchev–Trinajstić information content (AvgIpc) is 2.48. The van der Waals surface area contributed by atoms with Crippen LogP contribution < -0.4 is 4.74 Å². The van der Waals surface area contributed by atoms with Gasteiger partial charge in [0.25, 0.3) is 0 Å². The van der Waals surface area contributed by atoms with Crippen LogP contribution in [0.25, 0.3) is 0 Å². The predicted molar refractivity (Wildman–Crippen MR) is 91.2 cm³/mol. The molecule has 1 unspecified atom stereocenters. The van der Waals surface area contributed by atoms with Crippen LogP contribution in [0.5, 0.6) is 5.75 Å². The highest BCUT2D eigenvalue weighted by atomic mass is 127. The van der Waals surface area contributed by atoms with Crippen molar-refractivity contribution in [3.05, 3.63) is 61.1 Å². The van der Waals surface area contributed by atoms with Crippen LogP contribution in [0.1, 0.15) is 29.2 Å². The second-order valence-corrected chi connectivity index (χ2v) is 6.96. The van der Waals surface area contributed by atoms with Crippen molar-refractivity contribution in [1.82, 2.24) is 0 Å². The van der Waals surface area contributed by atoms with E-state index in [1.807, 2.05) is 30.3 Å². The van der Waals surface area contributed by atoms with Crippen LogP contribution in [-0.4, -0.2) is 11.7 Å². The fourth-order valence-corrected chi connectivity index (χ4v) is 3.50. The van der Waals surface area contributed by atoms with Crippen molar-refractivity contribution in [3.63, 3.8) is 0 Å². The highest BCUT2D eigenvalue weighted by molar-refractivity contribution is 14.1. The summed E-state index contributed by atoms with van der Waals surface area (Å²) in [5.74, 6) is 0.858. The minimum atomic E-state index is -0.674. The van der Waals surface area contributed by atoms with Crippen LogP contribution in [0.2, 0.25) is 0 Å². The zero-order valence-electron chi connectivity index (χ0n) is 10.8. The minimum Gasteiger partial charge on any atom is -0.493 e. The molecule has 1 N–H and O–H groups in total. The van der Waals surface area contributed by atoms with E-state index in [4.69, 9.17) is 4.74 Å². The lowest BCUT2D eigenvalue weighted by Crippen LogP contribution is -2.13. The lowest BCUT2D eigenvalue weighted by atomic mass is 9.96. The normalized spacial score (nSPS) is 15.3. The molecule has 0 fully saturated rings. The second kappa shape index (κ2) is 6.03. The van der Waals surface area contributed by atoms with Gasteiger partial charge >= 0.3 is 0 Å². The fraction of sp³-hybridized carbons (Fsp3) is 0.250. The Balaban J connectivity index is 2.06. The molecule has 4 heteroatoms. The van der Waals surface area contributed by atoms with Gasteiger partial charge in [-0.25, -0.2) is 0 Å². The lowest BCUT2D eigenvalue weighted by molar-refractivity contribution is 0.206. The van der Waals surface area contributed by atoms with Crippen LogP contribution in [0, 0.1) is 3.57 Å². The molecule has 1 atom stereocenters. The first kappa shape index (κ1) is 14.4. The Kier molecular flexibility index (Phi) is 4.33. The molecule has 2 aromatic rings. The van der Waals surface area contributed by atoms with E-state index in [2.05, 4.69) is 44.6 Å². The van der Waals surface area contributed by atoms with Crippen molar-refractivity contribution in [2.24, 2.45) is 0 Å². The Morgan fingerprint density at radius 2 is 2.05 bits per heavy atom. The molecular formula is C16H14BrIO2. The van der Waals surface area contributed by atoms with Gasteiger partial charge in [0.05, 0.1) is 6.61 Å². The summed E-state index contributed by atoms with van der Waals surface area (Å²) in [6.45, 7) is 0.726. The van der Waals surface area contributed by atoms with Crippen molar-refractivity contribution in [1.29, 1.82) is 0 Å². The smallest absolute Gasteiger partial charge is 0.128 e. The number of halogens is 2. The molecule has 0 radical (unpaired) electrons. The third kappa shape index (κ3) is 2.73. The number of hydrogen-bond donors (Lipinski definition) is 1. The van der Waals surface area contributed by atoms with Crippen LogP contribution in [0.15, 0.2) is 40.9 Å². The number of fused-ring (bicyclic) bond motifs is 1. The fourth-order valence-electron chi connectivity index (χ4n) is 2.52. The maximum Gasteiger partial charge on any atom is 0.128 e. The van der Waals surface area contributed by atoms with Gasteiger partial charge in [-0.1, -0.05) is 34.1 Å². The zero-order chi connectivity index (χ0) is 14.1. The Morgan fingerprint density at radius 1 is 1.20 bits per heavy atom. The van der Waals surface area contributed by atoms with Crippen molar-refractivity contribution in [3.8, 4) is 5.75 Å². The van der Waals surface area contributed by atoms with E-state index in [1.165, 1.54) is 5.56 Å². The van der Waals surface area contributed by atoms with E-state index in [1.54, 1.807) is 0 Å². The van der Waals surface area contributed by atoms with Crippen molar-refractivity contribution >= 4 is 38.5 Å². The van der Waals surface area contributed by atoms with Gasteiger partial charge in [0.15, 0.2) is 0 Å². The monoisotopic (exact) mass is 444 g/mol. The summed E-state index contributed by atoms with van der Waals surface area (Å²) in [5.41, 5.74) is 2.92. The third-order valence-electron chi connectivity index (χ3n) is 3.51. The predicted octanol–water partition coefficient (Wildman–Crippen LogP) is 4.46. The number of hydrogen-bond acceptors (Lipinski definition) is 2. The van der Waals surface area contributed by atoms with Crippen molar-refractivity contribution in [2.75, 3.05) is 6.61 Å². The molecule has 104 valence electrons. The minimum absolute atomic E-state index is 0.674. The number of benzene rings is 2. The number of ether oxygens (including phenoxy) is 1. The van der Waals surface area contributed by atoms with Crippen molar-refractivity contribution < 1.29 is 9.84 Å². The number of aliphatic hydroxyl groups is 1. The summed E-state index contributed by atoms with van der Waals surface area (Å²) < 4.78 is 7.81. The molecule has 3 rings (SSSR count). The summed E-state index contributed by atoms with van der Waals surface area (Å²) in [4.78, 5) is 0. The van der Waals surface area contributed by atoms with Crippen LogP contribution in [0.4, 0.5) is 0 Å². The highest BCUT2D eigenvalue weighted by Crippen LogP contribution is 2.38. The molecule has 1 aliphatic rings. The second-order valence-electron chi connectivity index (χ2n) is 4.86. The standard InChI is InChI=1S/C16H14BrIO2/c17-14-7-6-11(18)9-13(14)15(19)12-5-1-3-10-4-2-8-20-16(10)12/h1,3,5-7,9,15,19H,2,4,8H2. The summed E-state index contributed by atoms with van der Waals surface area (Å²) in [6, 6.07) is 12.0. The van der Waals surface area contributed by atoms with E-state index in [-0.39, 0.29) is 0 Å². The number of rotatable bonds is 2. The van der Waals surface area contributed by atoms with E-state index in [0.29, 0.717) is 0 Å². The number of aryl methyl sites for hydroxylation is 1. The first-order chi connectivity index (χ1) is 9.66. The Bertz CT molecular complexity index is 642. The quantitative estimate of drug-likeness (QED) is 0.693. The number of para-hydroxylation sites is 1. The van der Waals surface area contributed by atoms with E-state index >= 15 is 0 Å². The van der Waals surface area contributed by atoms with E-state index in [9.17, 15) is 5.11 Å². The molecule has 2 aromatic carbocycles. The maximum absolute atomic E-state index is 10.7. The largest absolute Gasteiger partial charge is 0.493 e. The van der Waals surface area contributed by atoms with Gasteiger partial charge in [-0.3, -0.25) is 0 Å². The maximum atomic E-state index is 10.7. The van der Waals surface area contributed by atoms with Crippen LogP contribution in [-0.2, 0) is 6.42 Å². The molecule has 20 heavy (non-hydrogen) atoms. The molecule has 2 nitrogen and oxygen atoms in total. The van der Waals surface area contributed by atoms with Gasteiger partial charge in [-0.2, -0.15) is 0 Å². The summed E-state index contributed by atoms with van der Waals surface area (Å²) in [7, 11) is 0. The van der Waals surface area contributed by atoms with Crippen LogP contribution in [0.3, 0.4) is 0 Å². The Morgan fingerprint density at radius 3 is 2.90 bits per heavy atom. The van der Waals surface area contributed by atoms with Gasteiger partial charge in [0.2, 0.25) is 0 Å². The molecule has 0 bridgehead atoms. The van der Waals surface area contributed by atoms with Gasteiger partial charge in [-0.15, -0.1) is 0 Å². The van der Waals surface area contributed by atoms with Gasteiger partial charge in [0, 0.05) is 19.2 Å². The molecule has 0 spiro atoms. The molecule has 0 amide bonds. The lowest BCUT2D eigenvalue weighted by Gasteiger charge is -2.23. The molecule has 0 aliphatic carbocycles. The van der Waals surface area contributed by atoms with Gasteiger partial charge in [0.1, 0.15) is 11.9 Å². The number of aliphatic hydroxyl groups excluding tert-OH is 1. The van der Waals surface area contributed by atoms with E-state index < -0.39 is 6.10 Å². The Labute approximate surface area is 140 Å². The first-order valence-electron chi connectivity index (χ1n) is 6.54. The Hall–Kier alpha value is -0.590. The van der Waals surface area contributed by atoms with Gasteiger partial charge in [-0.05, 0) is 59.2 Å². The van der Waals surface area contributed by atoms with Crippen LogP contribution >= 0.6 is 38.5 Å². The van der Waals surface area contributed by atoms with Gasteiger partial charge < -0.3 is 9.84 Å². The van der Waals surface area contributed by atoms with E-state index in [0.717, 1.165) is 44.4 Å².